The van der Waals surface area contributed by atoms with E-state index >= 15 is 0 Å². The van der Waals surface area contributed by atoms with Crippen LogP contribution in [0.25, 0.3) is 0 Å². The van der Waals surface area contributed by atoms with E-state index < -0.39 is 0 Å². The Hall–Kier alpha value is -2.13. The fraction of sp³-hybridized carbons (Fsp3) is 0.222. The number of nitrogens with one attached hydrogen (secondary N) is 1. The van der Waals surface area contributed by atoms with E-state index in [2.05, 4.69) is 16.6 Å². The first-order valence-corrected chi connectivity index (χ1v) is 7.48. The number of amides is 1. The molecule has 0 saturated heterocycles. The molecule has 0 aliphatic rings. The molecular weight excluding hydrogens is 296 g/mol. The van der Waals surface area contributed by atoms with Crippen molar-refractivity contribution < 1.29 is 4.79 Å². The van der Waals surface area contributed by atoms with Crippen LogP contribution in [0.1, 0.15) is 29.2 Å². The molecule has 0 saturated carbocycles. The van der Waals surface area contributed by atoms with Gasteiger partial charge in [0.05, 0.1) is 12.1 Å². The van der Waals surface area contributed by atoms with Crippen LogP contribution in [0, 0.1) is 13.8 Å². The molecule has 114 valence electrons. The average molecular weight is 315 g/mol. The van der Waals surface area contributed by atoms with Crippen molar-refractivity contribution in [2.45, 2.75) is 27.2 Å². The van der Waals surface area contributed by atoms with Gasteiger partial charge in [-0.1, -0.05) is 47.5 Å². The number of carbonyl (C=O) groups excluding carboxylic acids is 1. The third-order valence-electron chi connectivity index (χ3n) is 3.46. The summed E-state index contributed by atoms with van der Waals surface area (Å²) in [6, 6.07) is 13.4. The maximum Gasteiger partial charge on any atom is 0.244 e. The summed E-state index contributed by atoms with van der Waals surface area (Å²) >= 11 is 5.85. The van der Waals surface area contributed by atoms with Gasteiger partial charge in [0, 0.05) is 5.02 Å². The van der Waals surface area contributed by atoms with Crippen molar-refractivity contribution in [1.82, 2.24) is 5.43 Å². The summed E-state index contributed by atoms with van der Waals surface area (Å²) in [7, 11) is 0. The van der Waals surface area contributed by atoms with E-state index in [4.69, 9.17) is 11.6 Å². The summed E-state index contributed by atoms with van der Waals surface area (Å²) in [5.74, 6) is -0.125. The molecule has 4 heteroatoms. The maximum atomic E-state index is 12.0. The number of hydrogen-bond acceptors (Lipinski definition) is 2. The molecule has 0 heterocycles. The monoisotopic (exact) mass is 314 g/mol. The molecule has 2 rings (SSSR count). The lowest BCUT2D eigenvalue weighted by molar-refractivity contribution is -0.120. The van der Waals surface area contributed by atoms with E-state index in [-0.39, 0.29) is 5.91 Å². The van der Waals surface area contributed by atoms with Gasteiger partial charge in [-0.3, -0.25) is 4.79 Å². The Balaban J connectivity index is 1.99. The molecule has 22 heavy (non-hydrogen) atoms. The Bertz CT molecular complexity index is 706. The normalized spacial score (nSPS) is 11.4. The molecular formula is C18H19ClN2O. The number of benzene rings is 2. The van der Waals surface area contributed by atoms with Gasteiger partial charge >= 0.3 is 0 Å². The zero-order valence-corrected chi connectivity index (χ0v) is 13.7. The minimum atomic E-state index is -0.125. The molecule has 2 aromatic carbocycles. The topological polar surface area (TPSA) is 41.5 Å². The van der Waals surface area contributed by atoms with Crippen molar-refractivity contribution in [2.24, 2.45) is 5.10 Å². The number of carbonyl (C=O) groups is 1. The Labute approximate surface area is 136 Å². The highest BCUT2D eigenvalue weighted by atomic mass is 35.5. The minimum Gasteiger partial charge on any atom is -0.273 e. The molecule has 0 bridgehead atoms. The van der Waals surface area contributed by atoms with E-state index in [1.54, 1.807) is 12.1 Å². The fourth-order valence-corrected chi connectivity index (χ4v) is 2.28. The maximum absolute atomic E-state index is 12.0. The standard InChI is InChI=1S/C18H19ClN2O/c1-12-4-5-16(13(2)10-12)11-18(22)21-20-14(3)15-6-8-17(19)9-7-15/h4-10H,11H2,1-3H3,(H,21,22)/b20-14-. The Morgan fingerprint density at radius 1 is 1.14 bits per heavy atom. The van der Waals surface area contributed by atoms with E-state index in [9.17, 15) is 4.79 Å². The van der Waals surface area contributed by atoms with Gasteiger partial charge in [-0.25, -0.2) is 5.43 Å². The van der Waals surface area contributed by atoms with Gasteiger partial charge < -0.3 is 0 Å². The molecule has 0 radical (unpaired) electrons. The number of halogens is 1. The van der Waals surface area contributed by atoms with Crippen molar-refractivity contribution in [3.05, 3.63) is 69.7 Å². The quantitative estimate of drug-likeness (QED) is 0.671. The summed E-state index contributed by atoms with van der Waals surface area (Å²) in [6.07, 6.45) is 0.323. The van der Waals surface area contributed by atoms with Gasteiger partial charge in [0.2, 0.25) is 5.91 Å². The smallest absolute Gasteiger partial charge is 0.244 e. The summed E-state index contributed by atoms with van der Waals surface area (Å²) in [4.78, 5) is 12.0. The summed E-state index contributed by atoms with van der Waals surface area (Å²) in [5.41, 5.74) is 7.60. The molecule has 1 N–H and O–H groups in total. The van der Waals surface area contributed by atoms with Crippen molar-refractivity contribution in [3.8, 4) is 0 Å². The first kappa shape index (κ1) is 16.2. The number of rotatable bonds is 4. The van der Waals surface area contributed by atoms with E-state index in [0.717, 1.165) is 22.4 Å². The highest BCUT2D eigenvalue weighted by molar-refractivity contribution is 6.30. The zero-order valence-electron chi connectivity index (χ0n) is 13.0. The van der Waals surface area contributed by atoms with E-state index in [0.29, 0.717) is 11.4 Å². The third-order valence-corrected chi connectivity index (χ3v) is 3.71. The first-order chi connectivity index (χ1) is 10.5. The van der Waals surface area contributed by atoms with Crippen molar-refractivity contribution in [3.63, 3.8) is 0 Å². The summed E-state index contributed by atoms with van der Waals surface area (Å²) < 4.78 is 0. The first-order valence-electron chi connectivity index (χ1n) is 7.11. The number of nitrogens with zero attached hydrogens (tertiary/aromatic N) is 1. The zero-order chi connectivity index (χ0) is 16.1. The molecule has 0 spiro atoms. The molecule has 1 amide bonds. The van der Waals surface area contributed by atoms with E-state index in [1.165, 1.54) is 5.56 Å². The van der Waals surface area contributed by atoms with Gasteiger partial charge in [-0.15, -0.1) is 0 Å². The molecule has 2 aromatic rings. The van der Waals surface area contributed by atoms with Crippen LogP contribution in [0.3, 0.4) is 0 Å². The second-order valence-corrected chi connectivity index (χ2v) is 5.78. The van der Waals surface area contributed by atoms with Crippen LogP contribution in [0.5, 0.6) is 0 Å². The molecule has 0 aliphatic heterocycles. The van der Waals surface area contributed by atoms with Gasteiger partial charge in [-0.05, 0) is 49.6 Å². The van der Waals surface area contributed by atoms with Crippen molar-refractivity contribution in [1.29, 1.82) is 0 Å². The number of hydrazone groups is 1. The van der Waals surface area contributed by atoms with Crippen LogP contribution >= 0.6 is 11.6 Å². The lowest BCUT2D eigenvalue weighted by Crippen LogP contribution is -2.21. The molecule has 3 nitrogen and oxygen atoms in total. The lowest BCUT2D eigenvalue weighted by atomic mass is 10.0. The molecule has 0 unspecified atom stereocenters. The van der Waals surface area contributed by atoms with Crippen LogP contribution in [-0.4, -0.2) is 11.6 Å². The van der Waals surface area contributed by atoms with Crippen LogP contribution < -0.4 is 5.43 Å². The van der Waals surface area contributed by atoms with Crippen LogP contribution in [0.15, 0.2) is 47.6 Å². The number of hydrogen-bond donors (Lipinski definition) is 1. The molecule has 0 aromatic heterocycles. The second kappa shape index (κ2) is 7.23. The van der Waals surface area contributed by atoms with Crippen LogP contribution in [-0.2, 0) is 11.2 Å². The summed E-state index contributed by atoms with van der Waals surface area (Å²) in [6.45, 7) is 5.90. The van der Waals surface area contributed by atoms with Crippen LogP contribution in [0.2, 0.25) is 5.02 Å². The van der Waals surface area contributed by atoms with Gasteiger partial charge in [0.1, 0.15) is 0 Å². The highest BCUT2D eigenvalue weighted by Gasteiger charge is 2.06. The van der Waals surface area contributed by atoms with Crippen LogP contribution in [0.4, 0.5) is 0 Å². The van der Waals surface area contributed by atoms with E-state index in [1.807, 2.05) is 45.0 Å². The Kier molecular flexibility index (Phi) is 5.34. The van der Waals surface area contributed by atoms with Gasteiger partial charge in [0.25, 0.3) is 0 Å². The molecule has 0 aliphatic carbocycles. The Morgan fingerprint density at radius 2 is 1.82 bits per heavy atom. The predicted molar refractivity (Wildman–Crippen MR) is 91.4 cm³/mol. The third kappa shape index (κ3) is 4.43. The van der Waals surface area contributed by atoms with Gasteiger partial charge in [0.15, 0.2) is 0 Å². The summed E-state index contributed by atoms with van der Waals surface area (Å²) in [5, 5.41) is 4.82. The second-order valence-electron chi connectivity index (χ2n) is 5.35. The number of aryl methyl sites for hydroxylation is 2. The highest BCUT2D eigenvalue weighted by Crippen LogP contribution is 2.12. The largest absolute Gasteiger partial charge is 0.273 e. The SMILES string of the molecule is C/C(=N/NC(=O)Cc1ccc(C)cc1C)c1ccc(Cl)cc1. The van der Waals surface area contributed by atoms with Gasteiger partial charge in [-0.2, -0.15) is 5.10 Å². The minimum absolute atomic E-state index is 0.125. The lowest BCUT2D eigenvalue weighted by Gasteiger charge is -2.07. The molecule has 0 atom stereocenters. The van der Waals surface area contributed by atoms with Crippen molar-refractivity contribution in [2.75, 3.05) is 0 Å². The molecule has 0 fully saturated rings. The average Bonchev–Trinajstić information content (AvgIpc) is 2.48. The fourth-order valence-electron chi connectivity index (χ4n) is 2.16. The Morgan fingerprint density at radius 3 is 2.45 bits per heavy atom. The predicted octanol–water partition coefficient (Wildman–Crippen LogP) is 4.04. The van der Waals surface area contributed by atoms with Crippen molar-refractivity contribution >= 4 is 23.2 Å².